The van der Waals surface area contributed by atoms with E-state index in [1.54, 1.807) is 4.52 Å². The number of rotatable bonds is 1. The molecule has 2 aromatic rings. The molecule has 0 saturated carbocycles. The predicted molar refractivity (Wildman–Crippen MR) is 64.9 cm³/mol. The highest BCUT2D eigenvalue weighted by Gasteiger charge is 2.17. The summed E-state index contributed by atoms with van der Waals surface area (Å²) < 4.78 is 1.78. The zero-order valence-corrected chi connectivity index (χ0v) is 9.87. The fourth-order valence-corrected chi connectivity index (χ4v) is 2.18. The molecular formula is C11H16N6. The second-order valence-electron chi connectivity index (χ2n) is 4.53. The Labute approximate surface area is 99.4 Å². The van der Waals surface area contributed by atoms with Gasteiger partial charge < -0.3 is 10.6 Å². The van der Waals surface area contributed by atoms with Gasteiger partial charge in [-0.1, -0.05) is 0 Å². The van der Waals surface area contributed by atoms with Gasteiger partial charge in [0.25, 0.3) is 0 Å². The van der Waals surface area contributed by atoms with E-state index in [1.807, 2.05) is 19.1 Å². The molecule has 2 aromatic heterocycles. The predicted octanol–water partition coefficient (Wildman–Crippen LogP) is 0.360. The van der Waals surface area contributed by atoms with Crippen LogP contribution >= 0.6 is 0 Å². The molecule has 0 amide bonds. The van der Waals surface area contributed by atoms with Crippen LogP contribution in [0.2, 0.25) is 0 Å². The minimum atomic E-state index is 0.339. The average molecular weight is 232 g/mol. The van der Waals surface area contributed by atoms with E-state index in [0.29, 0.717) is 6.04 Å². The highest BCUT2D eigenvalue weighted by Crippen LogP contribution is 2.17. The molecule has 6 nitrogen and oxygen atoms in total. The van der Waals surface area contributed by atoms with Crippen LogP contribution in [-0.4, -0.2) is 38.9 Å². The third-order valence-corrected chi connectivity index (χ3v) is 3.27. The number of fused-ring (bicyclic) bond motifs is 1. The zero-order valence-electron chi connectivity index (χ0n) is 9.87. The van der Waals surface area contributed by atoms with Crippen molar-refractivity contribution >= 4 is 11.5 Å². The molecule has 2 N–H and O–H groups in total. The Morgan fingerprint density at radius 3 is 2.76 bits per heavy atom. The maximum absolute atomic E-state index is 5.90. The Morgan fingerprint density at radius 2 is 2.00 bits per heavy atom. The van der Waals surface area contributed by atoms with Crippen molar-refractivity contribution in [1.82, 2.24) is 19.8 Å². The van der Waals surface area contributed by atoms with Crippen molar-refractivity contribution in [3.8, 4) is 0 Å². The fraction of sp³-hybridized carbons (Fsp3) is 0.545. The van der Waals surface area contributed by atoms with Gasteiger partial charge in [-0.25, -0.2) is 0 Å². The quantitative estimate of drug-likeness (QED) is 0.768. The van der Waals surface area contributed by atoms with E-state index >= 15 is 0 Å². The number of hydrogen-bond donors (Lipinski definition) is 1. The normalized spacial score (nSPS) is 17.9. The Hall–Kier alpha value is -1.69. The monoisotopic (exact) mass is 232 g/mol. The number of piperidine rings is 1. The van der Waals surface area contributed by atoms with Crippen molar-refractivity contribution in [2.24, 2.45) is 5.73 Å². The van der Waals surface area contributed by atoms with Gasteiger partial charge in [-0.3, -0.25) is 0 Å². The molecule has 0 aliphatic carbocycles. The van der Waals surface area contributed by atoms with E-state index in [-0.39, 0.29) is 0 Å². The maximum Gasteiger partial charge on any atom is 0.178 e. The van der Waals surface area contributed by atoms with Crippen LogP contribution in [0, 0.1) is 6.92 Å². The first-order chi connectivity index (χ1) is 8.24. The van der Waals surface area contributed by atoms with Gasteiger partial charge in [-0.15, -0.1) is 15.3 Å². The van der Waals surface area contributed by atoms with Gasteiger partial charge in [-0.2, -0.15) is 4.52 Å². The number of anilines is 1. The zero-order chi connectivity index (χ0) is 11.8. The van der Waals surface area contributed by atoms with E-state index < -0.39 is 0 Å². The summed E-state index contributed by atoms with van der Waals surface area (Å²) in [6.07, 6.45) is 2.06. The minimum Gasteiger partial charge on any atom is -0.355 e. The second kappa shape index (κ2) is 3.96. The van der Waals surface area contributed by atoms with Crippen LogP contribution in [0.5, 0.6) is 0 Å². The average Bonchev–Trinajstić information content (AvgIpc) is 2.72. The molecule has 1 fully saturated rings. The summed E-state index contributed by atoms with van der Waals surface area (Å²) in [7, 11) is 0. The maximum atomic E-state index is 5.90. The summed E-state index contributed by atoms with van der Waals surface area (Å²) in [6, 6.07) is 4.29. The summed E-state index contributed by atoms with van der Waals surface area (Å²) in [6.45, 7) is 3.85. The number of nitrogens with zero attached hydrogens (tertiary/aromatic N) is 5. The molecule has 1 aliphatic heterocycles. The summed E-state index contributed by atoms with van der Waals surface area (Å²) in [5.41, 5.74) is 6.69. The van der Waals surface area contributed by atoms with E-state index in [1.165, 1.54) is 0 Å². The SMILES string of the molecule is Cc1nnc2ccc(N3CCC(N)CC3)nn12. The summed E-state index contributed by atoms with van der Waals surface area (Å²) in [5.74, 6) is 1.79. The molecule has 3 rings (SSSR count). The number of aromatic nitrogens is 4. The van der Waals surface area contributed by atoms with Crippen LogP contribution in [0.3, 0.4) is 0 Å². The molecular weight excluding hydrogens is 216 g/mol. The molecule has 1 aliphatic rings. The first-order valence-corrected chi connectivity index (χ1v) is 5.93. The molecule has 0 radical (unpaired) electrons. The molecule has 1 saturated heterocycles. The largest absolute Gasteiger partial charge is 0.355 e. The van der Waals surface area contributed by atoms with Gasteiger partial charge in [0.05, 0.1) is 0 Å². The molecule has 0 unspecified atom stereocenters. The lowest BCUT2D eigenvalue weighted by atomic mass is 10.1. The van der Waals surface area contributed by atoms with E-state index in [0.717, 1.165) is 43.2 Å². The van der Waals surface area contributed by atoms with Crippen molar-refractivity contribution in [1.29, 1.82) is 0 Å². The van der Waals surface area contributed by atoms with Crippen molar-refractivity contribution in [2.75, 3.05) is 18.0 Å². The van der Waals surface area contributed by atoms with Gasteiger partial charge in [0, 0.05) is 19.1 Å². The standard InChI is InChI=1S/C11H16N6/c1-8-13-14-10-2-3-11(15-17(8)10)16-6-4-9(12)5-7-16/h2-3,9H,4-7,12H2,1H3. The number of hydrogen-bond acceptors (Lipinski definition) is 5. The van der Waals surface area contributed by atoms with Gasteiger partial charge >= 0.3 is 0 Å². The van der Waals surface area contributed by atoms with Crippen LogP contribution in [0.15, 0.2) is 12.1 Å². The second-order valence-corrected chi connectivity index (χ2v) is 4.53. The molecule has 6 heteroatoms. The highest BCUT2D eigenvalue weighted by molar-refractivity contribution is 5.45. The van der Waals surface area contributed by atoms with Crippen molar-refractivity contribution in [3.05, 3.63) is 18.0 Å². The van der Waals surface area contributed by atoms with Gasteiger partial charge in [-0.05, 0) is 31.9 Å². The van der Waals surface area contributed by atoms with Crippen LogP contribution in [-0.2, 0) is 0 Å². The lowest BCUT2D eigenvalue weighted by Gasteiger charge is -2.30. The lowest BCUT2D eigenvalue weighted by molar-refractivity contribution is 0.497. The van der Waals surface area contributed by atoms with Crippen LogP contribution in [0.1, 0.15) is 18.7 Å². The molecule has 0 bridgehead atoms. The topological polar surface area (TPSA) is 72.3 Å². The molecule has 0 aromatic carbocycles. The van der Waals surface area contributed by atoms with Crippen molar-refractivity contribution in [2.45, 2.75) is 25.8 Å². The third kappa shape index (κ3) is 1.84. The molecule has 0 spiro atoms. The Bertz CT molecular complexity index is 526. The van der Waals surface area contributed by atoms with E-state index in [4.69, 9.17) is 5.73 Å². The number of nitrogens with two attached hydrogens (primary N) is 1. The highest BCUT2D eigenvalue weighted by atomic mass is 15.4. The minimum absolute atomic E-state index is 0.339. The van der Waals surface area contributed by atoms with Crippen LogP contribution in [0.25, 0.3) is 5.65 Å². The van der Waals surface area contributed by atoms with Crippen molar-refractivity contribution < 1.29 is 0 Å². The number of aryl methyl sites for hydroxylation is 1. The fourth-order valence-electron chi connectivity index (χ4n) is 2.18. The van der Waals surface area contributed by atoms with Gasteiger partial charge in [0.1, 0.15) is 5.82 Å². The van der Waals surface area contributed by atoms with Crippen molar-refractivity contribution in [3.63, 3.8) is 0 Å². The third-order valence-electron chi connectivity index (χ3n) is 3.27. The Balaban J connectivity index is 1.92. The molecule has 3 heterocycles. The smallest absolute Gasteiger partial charge is 0.178 e. The van der Waals surface area contributed by atoms with Gasteiger partial charge in [0.15, 0.2) is 11.5 Å². The van der Waals surface area contributed by atoms with E-state index in [2.05, 4.69) is 20.2 Å². The van der Waals surface area contributed by atoms with Crippen LogP contribution < -0.4 is 10.6 Å². The van der Waals surface area contributed by atoms with E-state index in [9.17, 15) is 0 Å². The lowest BCUT2D eigenvalue weighted by Crippen LogP contribution is -2.40. The summed E-state index contributed by atoms with van der Waals surface area (Å²) in [5, 5.41) is 12.6. The van der Waals surface area contributed by atoms with Crippen LogP contribution in [0.4, 0.5) is 5.82 Å². The molecule has 17 heavy (non-hydrogen) atoms. The Kier molecular flexibility index (Phi) is 2.44. The summed E-state index contributed by atoms with van der Waals surface area (Å²) in [4.78, 5) is 2.27. The summed E-state index contributed by atoms with van der Waals surface area (Å²) >= 11 is 0. The Morgan fingerprint density at radius 1 is 1.24 bits per heavy atom. The molecule has 90 valence electrons. The first-order valence-electron chi connectivity index (χ1n) is 5.93. The molecule has 0 atom stereocenters. The first kappa shape index (κ1) is 10.5. The van der Waals surface area contributed by atoms with Gasteiger partial charge in [0.2, 0.25) is 0 Å².